The molecular formula is C76H99BN2S. The van der Waals surface area contributed by atoms with Crippen molar-refractivity contribution in [1.29, 1.82) is 0 Å². The molecule has 0 N–H and O–H groups in total. The second-order valence-electron chi connectivity index (χ2n) is 33.8. The van der Waals surface area contributed by atoms with Crippen LogP contribution in [0.4, 0.5) is 22.7 Å². The molecule has 0 radical (unpaired) electrons. The van der Waals surface area contributed by atoms with Crippen LogP contribution in [0.3, 0.4) is 0 Å². The summed E-state index contributed by atoms with van der Waals surface area (Å²) >= 11 is 2.27. The van der Waals surface area contributed by atoms with Crippen molar-refractivity contribution >= 4 is 52.3 Å². The third-order valence-corrected chi connectivity index (χ3v) is 23.9. The van der Waals surface area contributed by atoms with Crippen molar-refractivity contribution in [3.8, 4) is 11.1 Å². The van der Waals surface area contributed by atoms with Gasteiger partial charge in [-0.2, -0.15) is 0 Å². The molecule has 3 aliphatic heterocycles. The van der Waals surface area contributed by atoms with Crippen LogP contribution in [-0.4, -0.2) is 18.0 Å². The Labute approximate surface area is 491 Å². The van der Waals surface area contributed by atoms with Crippen molar-refractivity contribution in [2.24, 2.45) is 27.6 Å². The minimum absolute atomic E-state index is 0.0413. The van der Waals surface area contributed by atoms with Crippen LogP contribution < -0.4 is 15.3 Å². The van der Waals surface area contributed by atoms with Gasteiger partial charge in [0.15, 0.2) is 0 Å². The van der Waals surface area contributed by atoms with Crippen LogP contribution >= 0.6 is 11.8 Å². The van der Waals surface area contributed by atoms with Gasteiger partial charge >= 0.3 is 0 Å². The smallest absolute Gasteiger partial charge is 0.223 e. The third-order valence-electron chi connectivity index (χ3n) is 22.1. The van der Waals surface area contributed by atoms with Gasteiger partial charge in [-0.3, -0.25) is 0 Å². The standard InChI is InChI=1S/C76H99BN2S/c1-68(2,3)48-27-29-51(30-28-48)79-62-38-47(54-43-56-55(71(10,11)31-32-72(56,12)13)42-53(54)46-25-23-22-24-26-46)37-61-64(62)77(65-63-66(80-67(65)79)76(20,21)36-35-75(63,18)19)59-44-57-58(74(16,17)34-33-73(57,14)15)45-60(59)78(61)52-40-49(69(4,5)6)39-50(41-52)70(7,8)9/h22-23,25,27-30,37-45,59-60,63,66H,24,26,31-36H2,1-21H3/t59?,60?,63?,66-/m0/s1. The predicted molar refractivity (Wildman–Crippen MR) is 351 cm³/mol. The van der Waals surface area contributed by atoms with E-state index >= 15 is 0 Å². The lowest BCUT2D eigenvalue weighted by Gasteiger charge is -2.56. The Morgan fingerprint density at radius 1 is 0.537 bits per heavy atom. The van der Waals surface area contributed by atoms with Crippen LogP contribution in [0.5, 0.6) is 0 Å². The molecule has 2 fully saturated rings. The topological polar surface area (TPSA) is 6.48 Å². The first-order chi connectivity index (χ1) is 37.0. The molecule has 0 amide bonds. The number of benzene rings is 4. The number of nitrogens with zero attached hydrogens (tertiary/aromatic N) is 2. The fourth-order valence-corrected chi connectivity index (χ4v) is 18.4. The van der Waals surface area contributed by atoms with E-state index in [1.807, 2.05) is 0 Å². The fourth-order valence-electron chi connectivity index (χ4n) is 16.4. The molecule has 5 aliphatic carbocycles. The number of allylic oxidation sites excluding steroid dienone is 7. The van der Waals surface area contributed by atoms with E-state index in [0.717, 1.165) is 12.8 Å². The minimum atomic E-state index is -0.0472. The lowest BCUT2D eigenvalue weighted by molar-refractivity contribution is 0.0924. The Balaban J connectivity index is 1.26. The fraction of sp³-hybridized carbons (Fsp3) is 0.553. The van der Waals surface area contributed by atoms with E-state index in [9.17, 15) is 0 Å². The molecule has 80 heavy (non-hydrogen) atoms. The Bertz CT molecular complexity index is 3360. The Hall–Kier alpha value is -4.41. The van der Waals surface area contributed by atoms with Crippen LogP contribution in [-0.2, 0) is 27.1 Å². The number of hydrogen-bond acceptors (Lipinski definition) is 3. The molecule has 3 unspecified atom stereocenters. The quantitative estimate of drug-likeness (QED) is 0.188. The van der Waals surface area contributed by atoms with E-state index in [0.29, 0.717) is 11.2 Å². The van der Waals surface area contributed by atoms with Crippen molar-refractivity contribution in [2.75, 3.05) is 9.80 Å². The summed E-state index contributed by atoms with van der Waals surface area (Å²) < 4.78 is 0. The molecule has 0 spiro atoms. The van der Waals surface area contributed by atoms with E-state index in [2.05, 4.69) is 264 Å². The van der Waals surface area contributed by atoms with Crippen molar-refractivity contribution < 1.29 is 0 Å². The molecule has 422 valence electrons. The molecule has 12 rings (SSSR count). The van der Waals surface area contributed by atoms with Crippen molar-refractivity contribution in [2.45, 2.75) is 241 Å². The summed E-state index contributed by atoms with van der Waals surface area (Å²) in [6.45, 7) is 52.7. The van der Waals surface area contributed by atoms with Gasteiger partial charge in [0, 0.05) is 28.0 Å². The van der Waals surface area contributed by atoms with Gasteiger partial charge < -0.3 is 9.80 Å². The van der Waals surface area contributed by atoms with Crippen molar-refractivity contribution in [3.05, 3.63) is 152 Å². The van der Waals surface area contributed by atoms with Gasteiger partial charge in [0.1, 0.15) is 0 Å². The molecule has 0 aromatic heterocycles. The van der Waals surface area contributed by atoms with Gasteiger partial charge in [-0.1, -0.05) is 206 Å². The largest absolute Gasteiger partial charge is 0.335 e. The molecule has 0 saturated heterocycles. The lowest BCUT2D eigenvalue weighted by Crippen LogP contribution is -2.60. The van der Waals surface area contributed by atoms with Gasteiger partial charge in [0.25, 0.3) is 0 Å². The first-order valence-electron chi connectivity index (χ1n) is 31.5. The highest BCUT2D eigenvalue weighted by Crippen LogP contribution is 2.68. The maximum Gasteiger partial charge on any atom is 0.223 e. The first kappa shape index (κ1) is 56.1. The molecule has 4 aromatic carbocycles. The Morgan fingerprint density at radius 3 is 1.64 bits per heavy atom. The lowest BCUT2D eigenvalue weighted by atomic mass is 9.26. The molecule has 2 saturated carbocycles. The van der Waals surface area contributed by atoms with Crippen LogP contribution in [0.1, 0.15) is 230 Å². The number of thioether (sulfide) groups is 1. The number of fused-ring (bicyclic) bond motifs is 7. The molecule has 8 aliphatic rings. The van der Waals surface area contributed by atoms with Crippen LogP contribution in [0, 0.1) is 27.6 Å². The van der Waals surface area contributed by atoms with Gasteiger partial charge in [-0.05, 0) is 221 Å². The van der Waals surface area contributed by atoms with Crippen LogP contribution in [0.25, 0.3) is 16.7 Å². The Morgan fingerprint density at radius 2 is 1.07 bits per heavy atom. The number of anilines is 4. The maximum atomic E-state index is 2.95. The molecule has 2 nitrogen and oxygen atoms in total. The van der Waals surface area contributed by atoms with Crippen molar-refractivity contribution in [1.82, 2.24) is 0 Å². The average Bonchev–Trinajstić information content (AvgIpc) is 3.80. The summed E-state index contributed by atoms with van der Waals surface area (Å²) in [4.78, 5) is 5.79. The molecule has 4 aromatic rings. The average molecular weight is 1080 g/mol. The highest BCUT2D eigenvalue weighted by Gasteiger charge is 2.62. The number of rotatable bonds is 4. The second kappa shape index (κ2) is 18.1. The summed E-state index contributed by atoms with van der Waals surface area (Å²) in [5.41, 5.74) is 25.3. The zero-order chi connectivity index (χ0) is 57.6. The van der Waals surface area contributed by atoms with Gasteiger partial charge in [0.05, 0.1) is 11.1 Å². The Kier molecular flexibility index (Phi) is 12.7. The number of hydrogen-bond donors (Lipinski definition) is 0. The summed E-state index contributed by atoms with van der Waals surface area (Å²) in [5, 5.41) is 1.99. The van der Waals surface area contributed by atoms with Gasteiger partial charge in [0.2, 0.25) is 6.71 Å². The van der Waals surface area contributed by atoms with Crippen LogP contribution in [0.15, 0.2) is 119 Å². The van der Waals surface area contributed by atoms with E-state index < -0.39 is 0 Å². The third kappa shape index (κ3) is 8.91. The van der Waals surface area contributed by atoms with E-state index in [1.165, 1.54) is 116 Å². The summed E-state index contributed by atoms with van der Waals surface area (Å²) in [5.74, 6) is 0.661. The monoisotopic (exact) mass is 1080 g/mol. The van der Waals surface area contributed by atoms with Gasteiger partial charge in [-0.15, -0.1) is 11.8 Å². The second-order valence-corrected chi connectivity index (χ2v) is 34.9. The molecular weight excluding hydrogens is 984 g/mol. The predicted octanol–water partition coefficient (Wildman–Crippen LogP) is 21.1. The van der Waals surface area contributed by atoms with E-state index in [4.69, 9.17) is 0 Å². The first-order valence-corrected chi connectivity index (χ1v) is 32.3. The molecule has 0 bridgehead atoms. The maximum absolute atomic E-state index is 2.95. The molecule has 4 atom stereocenters. The molecule has 3 heterocycles. The zero-order valence-corrected chi connectivity index (χ0v) is 54.4. The van der Waals surface area contributed by atoms with Gasteiger partial charge in [-0.25, -0.2) is 0 Å². The highest BCUT2D eigenvalue weighted by molar-refractivity contribution is 8.04. The summed E-state index contributed by atoms with van der Waals surface area (Å²) in [6, 6.07) is 28.7. The molecule has 4 heteroatoms. The van der Waals surface area contributed by atoms with E-state index in [1.54, 1.807) is 22.2 Å². The van der Waals surface area contributed by atoms with Crippen LogP contribution in [0.2, 0.25) is 5.82 Å². The van der Waals surface area contributed by atoms with E-state index in [-0.39, 0.29) is 67.3 Å². The normalized spacial score (nSPS) is 26.5. The summed E-state index contributed by atoms with van der Waals surface area (Å²) in [6.07, 6.45) is 22.3. The highest BCUT2D eigenvalue weighted by atomic mass is 32.2. The minimum Gasteiger partial charge on any atom is -0.335 e. The summed E-state index contributed by atoms with van der Waals surface area (Å²) in [7, 11) is 0. The zero-order valence-electron chi connectivity index (χ0n) is 53.6. The SMILES string of the molecule is CC1(C)CCC(C)(C)C2=CC3C(C=C21)B1C2=C(S[C@H]4C2C(C)(C)CCC4(C)C)N(c2ccc(C(C)(C)C)cc2)c2cc(-c4cc5c(cc4C4=CC=CCC4)C(C)(C)CCC5(C)C)cc(c21)N3c1cc(C(C)(C)C)cc(C(C)(C)C)c1. The van der Waals surface area contributed by atoms with Crippen molar-refractivity contribution in [3.63, 3.8) is 0 Å².